The third-order valence-electron chi connectivity index (χ3n) is 7.03. The average Bonchev–Trinajstić information content (AvgIpc) is 3.13. The van der Waals surface area contributed by atoms with Crippen LogP contribution in [-0.4, -0.2) is 41.1 Å². The molecule has 1 aromatic carbocycles. The van der Waals surface area contributed by atoms with Gasteiger partial charge in [-0.1, -0.05) is 35.5 Å². The van der Waals surface area contributed by atoms with Gasteiger partial charge in [-0.05, 0) is 47.9 Å². The fourth-order valence-corrected chi connectivity index (χ4v) is 6.16. The Hall–Kier alpha value is -3.08. The molecule has 1 spiro atoms. The first-order valence-electron chi connectivity index (χ1n) is 11.2. The minimum Gasteiger partial charge on any atom is -0.496 e. The average molecular weight is 512 g/mol. The number of halogens is 1. The number of benzene rings is 1. The standard InChI is InChI=1S/C24H26ClN7O2S/c1-34-15-4-2-3-13-14(15)11-24(20(13)26)6-9-32(10-7-24)23-19(22(28)33)31-17(12-30-23)35-16-5-8-29-21(27)18(16)25/h2-5,8,12,20H,6-7,9-11,26H2,1H3,(H2,27,29)(H2,28,33)/t20-/m1/s1. The molecule has 0 radical (unpaired) electrons. The number of methoxy groups -OCH3 is 1. The maximum atomic E-state index is 12.3. The highest BCUT2D eigenvalue weighted by atomic mass is 35.5. The second-order valence-corrected chi connectivity index (χ2v) is 10.3. The van der Waals surface area contributed by atoms with Crippen molar-refractivity contribution in [2.45, 2.75) is 35.2 Å². The number of ether oxygens (including phenoxy) is 1. The van der Waals surface area contributed by atoms with E-state index < -0.39 is 5.91 Å². The molecular formula is C24H26ClN7O2S. The molecule has 3 heterocycles. The molecule has 9 nitrogen and oxygen atoms in total. The summed E-state index contributed by atoms with van der Waals surface area (Å²) in [7, 11) is 1.69. The van der Waals surface area contributed by atoms with Crippen LogP contribution in [0.5, 0.6) is 5.75 Å². The summed E-state index contributed by atoms with van der Waals surface area (Å²) in [5, 5.41) is 0.819. The van der Waals surface area contributed by atoms with Crippen LogP contribution < -0.4 is 26.8 Å². The summed E-state index contributed by atoms with van der Waals surface area (Å²) >= 11 is 7.49. The van der Waals surface area contributed by atoms with Gasteiger partial charge in [-0.2, -0.15) is 0 Å². The zero-order chi connectivity index (χ0) is 24.7. The highest BCUT2D eigenvalue weighted by Crippen LogP contribution is 2.53. The monoisotopic (exact) mass is 511 g/mol. The van der Waals surface area contributed by atoms with E-state index in [-0.39, 0.29) is 23.0 Å². The molecule has 0 unspecified atom stereocenters. The fourth-order valence-electron chi connectivity index (χ4n) is 5.14. The van der Waals surface area contributed by atoms with Crippen LogP contribution in [0.1, 0.15) is 40.5 Å². The van der Waals surface area contributed by atoms with Gasteiger partial charge in [0.25, 0.3) is 5.91 Å². The van der Waals surface area contributed by atoms with Crippen molar-refractivity contribution in [3.63, 3.8) is 0 Å². The van der Waals surface area contributed by atoms with Gasteiger partial charge in [-0.15, -0.1) is 0 Å². The van der Waals surface area contributed by atoms with Crippen molar-refractivity contribution in [3.8, 4) is 5.75 Å². The SMILES string of the molecule is COc1cccc2c1CC1(CCN(c3ncc(Sc4ccnc(N)c4Cl)nc3C(N)=O)CC1)[C@@H]2N. The maximum Gasteiger partial charge on any atom is 0.271 e. The van der Waals surface area contributed by atoms with E-state index in [0.29, 0.717) is 33.9 Å². The van der Waals surface area contributed by atoms with E-state index in [2.05, 4.69) is 25.9 Å². The van der Waals surface area contributed by atoms with Gasteiger partial charge in [0, 0.05) is 30.2 Å². The third kappa shape index (κ3) is 4.15. The number of amides is 1. The van der Waals surface area contributed by atoms with Crippen LogP contribution in [0.2, 0.25) is 5.02 Å². The second-order valence-electron chi connectivity index (χ2n) is 8.89. The molecule has 1 atom stereocenters. The van der Waals surface area contributed by atoms with Crippen molar-refractivity contribution in [2.24, 2.45) is 16.9 Å². The Morgan fingerprint density at radius 2 is 2.03 bits per heavy atom. The topological polar surface area (TPSA) is 146 Å². The van der Waals surface area contributed by atoms with E-state index >= 15 is 0 Å². The van der Waals surface area contributed by atoms with Gasteiger partial charge in [0.1, 0.15) is 16.6 Å². The van der Waals surface area contributed by atoms with Gasteiger partial charge in [-0.25, -0.2) is 15.0 Å². The van der Waals surface area contributed by atoms with Crippen molar-refractivity contribution in [1.82, 2.24) is 15.0 Å². The Morgan fingerprint density at radius 3 is 2.74 bits per heavy atom. The zero-order valence-corrected chi connectivity index (χ0v) is 20.8. The van der Waals surface area contributed by atoms with Crippen molar-refractivity contribution in [1.29, 1.82) is 0 Å². The predicted octanol–water partition coefficient (Wildman–Crippen LogP) is 3.21. The van der Waals surface area contributed by atoms with E-state index in [1.807, 2.05) is 12.1 Å². The van der Waals surface area contributed by atoms with Crippen LogP contribution in [-0.2, 0) is 6.42 Å². The molecule has 11 heteroatoms. The number of carbonyl (C=O) groups is 1. The normalized spacial score (nSPS) is 18.5. The molecular weight excluding hydrogens is 486 g/mol. The van der Waals surface area contributed by atoms with E-state index in [1.54, 1.807) is 25.6 Å². The molecule has 35 heavy (non-hydrogen) atoms. The quantitative estimate of drug-likeness (QED) is 0.469. The van der Waals surface area contributed by atoms with Crippen molar-refractivity contribution in [3.05, 3.63) is 58.5 Å². The molecule has 1 saturated heterocycles. The number of rotatable bonds is 5. The molecule has 0 saturated carbocycles. The van der Waals surface area contributed by atoms with Crippen molar-refractivity contribution < 1.29 is 9.53 Å². The molecule has 1 fully saturated rings. The third-order valence-corrected chi connectivity index (χ3v) is 8.51. The lowest BCUT2D eigenvalue weighted by Crippen LogP contribution is -2.45. The maximum absolute atomic E-state index is 12.3. The number of nitrogens with two attached hydrogens (primary N) is 3. The first-order valence-corrected chi connectivity index (χ1v) is 12.4. The number of nitrogens with zero attached hydrogens (tertiary/aromatic N) is 4. The Kier molecular flexibility index (Phi) is 6.20. The van der Waals surface area contributed by atoms with E-state index in [4.69, 9.17) is 33.5 Å². The highest BCUT2D eigenvalue weighted by Gasteiger charge is 2.47. The van der Waals surface area contributed by atoms with E-state index in [1.165, 1.54) is 17.3 Å². The summed E-state index contributed by atoms with van der Waals surface area (Å²) in [6, 6.07) is 7.74. The largest absolute Gasteiger partial charge is 0.496 e. The number of piperidine rings is 1. The smallest absolute Gasteiger partial charge is 0.271 e. The Balaban J connectivity index is 1.36. The number of aromatic nitrogens is 3. The molecule has 3 aromatic rings. The van der Waals surface area contributed by atoms with Crippen molar-refractivity contribution in [2.75, 3.05) is 30.8 Å². The molecule has 5 rings (SSSR count). The number of hydrogen-bond donors (Lipinski definition) is 3. The van der Waals surface area contributed by atoms with Gasteiger partial charge < -0.3 is 26.8 Å². The lowest BCUT2D eigenvalue weighted by atomic mass is 9.73. The molecule has 182 valence electrons. The number of nitrogen functional groups attached to an aromatic ring is 1. The van der Waals surface area contributed by atoms with Crippen LogP contribution in [0.25, 0.3) is 0 Å². The first-order chi connectivity index (χ1) is 16.8. The fraction of sp³-hybridized carbons (Fsp3) is 0.333. The predicted molar refractivity (Wildman–Crippen MR) is 136 cm³/mol. The van der Waals surface area contributed by atoms with E-state index in [9.17, 15) is 4.79 Å². The van der Waals surface area contributed by atoms with E-state index in [0.717, 1.165) is 30.6 Å². The Bertz CT molecular complexity index is 1300. The number of pyridine rings is 1. The van der Waals surface area contributed by atoms with Gasteiger partial charge in [0.05, 0.1) is 18.3 Å². The summed E-state index contributed by atoms with van der Waals surface area (Å²) in [6.45, 7) is 1.39. The number of primary amides is 1. The summed E-state index contributed by atoms with van der Waals surface area (Å²) in [4.78, 5) is 28.1. The Morgan fingerprint density at radius 1 is 1.26 bits per heavy atom. The van der Waals surface area contributed by atoms with Gasteiger partial charge in [-0.3, -0.25) is 4.79 Å². The van der Waals surface area contributed by atoms with Crippen LogP contribution in [0.4, 0.5) is 11.6 Å². The molecule has 6 N–H and O–H groups in total. The molecule has 0 bridgehead atoms. The zero-order valence-electron chi connectivity index (χ0n) is 19.2. The van der Waals surface area contributed by atoms with Crippen LogP contribution >= 0.6 is 23.4 Å². The number of hydrogen-bond acceptors (Lipinski definition) is 9. The summed E-state index contributed by atoms with van der Waals surface area (Å²) in [6.07, 6.45) is 5.76. The minimum absolute atomic E-state index is 0.0540. The van der Waals surface area contributed by atoms with Crippen molar-refractivity contribution >= 4 is 40.9 Å². The van der Waals surface area contributed by atoms with Crippen LogP contribution in [0.15, 0.2) is 46.6 Å². The Labute approximate surface area is 212 Å². The number of fused-ring (bicyclic) bond motifs is 1. The first kappa shape index (κ1) is 23.7. The lowest BCUT2D eigenvalue weighted by Gasteiger charge is -2.42. The minimum atomic E-state index is -0.634. The highest BCUT2D eigenvalue weighted by molar-refractivity contribution is 7.99. The second kappa shape index (κ2) is 9.18. The molecule has 1 amide bonds. The molecule has 1 aliphatic heterocycles. The summed E-state index contributed by atoms with van der Waals surface area (Å²) < 4.78 is 5.58. The van der Waals surface area contributed by atoms with Gasteiger partial charge >= 0.3 is 0 Å². The van der Waals surface area contributed by atoms with Crippen LogP contribution in [0.3, 0.4) is 0 Å². The number of carbonyl (C=O) groups excluding carboxylic acids is 1. The molecule has 2 aromatic heterocycles. The number of anilines is 2. The van der Waals surface area contributed by atoms with Gasteiger partial charge in [0.15, 0.2) is 11.5 Å². The van der Waals surface area contributed by atoms with Crippen LogP contribution in [0, 0.1) is 5.41 Å². The summed E-state index contributed by atoms with van der Waals surface area (Å²) in [5.41, 5.74) is 20.7. The lowest BCUT2D eigenvalue weighted by molar-refractivity contribution is 0.0994. The van der Waals surface area contributed by atoms with Gasteiger partial charge in [0.2, 0.25) is 0 Å². The molecule has 1 aliphatic carbocycles. The molecule has 2 aliphatic rings. The summed E-state index contributed by atoms with van der Waals surface area (Å²) in [5.74, 6) is 0.968.